The first kappa shape index (κ1) is 13.3. The Morgan fingerprint density at radius 1 is 0.955 bits per heavy atom. The van der Waals surface area contributed by atoms with Crippen molar-refractivity contribution in [1.82, 2.24) is 0 Å². The van der Waals surface area contributed by atoms with Crippen molar-refractivity contribution in [3.63, 3.8) is 0 Å². The van der Waals surface area contributed by atoms with E-state index in [2.05, 4.69) is 60.8 Å². The summed E-state index contributed by atoms with van der Waals surface area (Å²) < 4.78 is 0. The molecule has 0 radical (unpaired) electrons. The molecule has 1 N–H and O–H groups in total. The molecule has 110 valence electrons. The van der Waals surface area contributed by atoms with Gasteiger partial charge < -0.3 is 5.32 Å². The summed E-state index contributed by atoms with van der Waals surface area (Å²) in [5.41, 5.74) is 8.78. The summed E-state index contributed by atoms with van der Waals surface area (Å²) in [5, 5.41) is 3.46. The Balaban J connectivity index is 1.83. The van der Waals surface area contributed by atoms with Crippen LogP contribution in [0.3, 0.4) is 0 Å². The molecule has 0 bridgehead atoms. The van der Waals surface area contributed by atoms with Crippen molar-refractivity contribution in [2.24, 2.45) is 4.99 Å². The fourth-order valence-electron chi connectivity index (χ4n) is 3.23. The highest BCUT2D eigenvalue weighted by Gasteiger charge is 2.13. The highest BCUT2D eigenvalue weighted by molar-refractivity contribution is 6.11. The van der Waals surface area contributed by atoms with Crippen LogP contribution in [0.1, 0.15) is 30.0 Å². The Morgan fingerprint density at radius 3 is 2.82 bits per heavy atom. The molecule has 2 heterocycles. The van der Waals surface area contributed by atoms with Crippen LogP contribution in [0.4, 0.5) is 11.4 Å². The van der Waals surface area contributed by atoms with E-state index >= 15 is 0 Å². The fraction of sp³-hybridized carbons (Fsp3) is 0.250. The van der Waals surface area contributed by atoms with Gasteiger partial charge in [-0.3, -0.25) is 0 Å². The quantitative estimate of drug-likeness (QED) is 0.810. The van der Waals surface area contributed by atoms with Crippen LogP contribution >= 0.6 is 0 Å². The molecule has 2 aromatic rings. The minimum absolute atomic E-state index is 1.04. The summed E-state index contributed by atoms with van der Waals surface area (Å²) in [6.07, 6.45) is 5.53. The summed E-state index contributed by atoms with van der Waals surface area (Å²) in [7, 11) is 0. The second kappa shape index (κ2) is 5.45. The van der Waals surface area contributed by atoms with Crippen molar-refractivity contribution in [2.75, 3.05) is 11.9 Å². The zero-order chi connectivity index (χ0) is 14.9. The molecule has 0 fully saturated rings. The summed E-state index contributed by atoms with van der Waals surface area (Å²) >= 11 is 0. The molecule has 0 saturated heterocycles. The minimum Gasteiger partial charge on any atom is -0.384 e. The van der Waals surface area contributed by atoms with Crippen molar-refractivity contribution in [3.8, 4) is 0 Å². The van der Waals surface area contributed by atoms with E-state index < -0.39 is 0 Å². The van der Waals surface area contributed by atoms with Gasteiger partial charge in [-0.25, -0.2) is 4.99 Å². The predicted molar refractivity (Wildman–Crippen MR) is 93.4 cm³/mol. The minimum atomic E-state index is 1.04. The normalized spacial score (nSPS) is 16.6. The Bertz CT molecular complexity index is 784. The van der Waals surface area contributed by atoms with Gasteiger partial charge in [0.05, 0.1) is 11.4 Å². The lowest BCUT2D eigenvalue weighted by molar-refractivity contribution is 0.938. The Labute approximate surface area is 131 Å². The van der Waals surface area contributed by atoms with E-state index in [1.807, 2.05) is 0 Å². The number of rotatable bonds is 1. The number of aliphatic imine (C=N–C) groups is 1. The van der Waals surface area contributed by atoms with E-state index in [-0.39, 0.29) is 0 Å². The molecule has 0 spiro atoms. The summed E-state index contributed by atoms with van der Waals surface area (Å²) in [5.74, 6) is 0. The van der Waals surface area contributed by atoms with Crippen molar-refractivity contribution in [1.29, 1.82) is 0 Å². The molecule has 2 aliphatic heterocycles. The molecule has 0 aromatic heterocycles. The molecule has 0 atom stereocenters. The molecule has 0 amide bonds. The zero-order valence-corrected chi connectivity index (χ0v) is 12.9. The van der Waals surface area contributed by atoms with Crippen LogP contribution in [0.25, 0.3) is 0 Å². The maximum absolute atomic E-state index is 4.96. The third kappa shape index (κ3) is 2.45. The topological polar surface area (TPSA) is 24.4 Å². The van der Waals surface area contributed by atoms with E-state index in [9.17, 15) is 0 Å². The van der Waals surface area contributed by atoms with Crippen molar-refractivity contribution in [3.05, 3.63) is 70.8 Å². The van der Waals surface area contributed by atoms with Crippen LogP contribution in [-0.2, 0) is 12.8 Å². The van der Waals surface area contributed by atoms with E-state index in [1.54, 1.807) is 0 Å². The van der Waals surface area contributed by atoms with E-state index in [1.165, 1.54) is 28.0 Å². The maximum atomic E-state index is 4.96. The summed E-state index contributed by atoms with van der Waals surface area (Å²) in [6.45, 7) is 3.25. The highest BCUT2D eigenvalue weighted by Crippen LogP contribution is 2.28. The number of para-hydroxylation sites is 1. The van der Waals surface area contributed by atoms with Gasteiger partial charge >= 0.3 is 0 Å². The number of hydrogen-bond acceptors (Lipinski definition) is 2. The van der Waals surface area contributed by atoms with Crippen molar-refractivity contribution < 1.29 is 0 Å². The average Bonchev–Trinajstić information content (AvgIpc) is 2.99. The number of anilines is 1. The number of fused-ring (bicyclic) bond motifs is 2. The molecule has 2 aromatic carbocycles. The zero-order valence-electron chi connectivity index (χ0n) is 12.9. The van der Waals surface area contributed by atoms with Crippen molar-refractivity contribution in [2.45, 2.75) is 26.2 Å². The van der Waals surface area contributed by atoms with Gasteiger partial charge in [0, 0.05) is 17.8 Å². The van der Waals surface area contributed by atoms with Gasteiger partial charge in [0.25, 0.3) is 0 Å². The van der Waals surface area contributed by atoms with Gasteiger partial charge in [0.1, 0.15) is 0 Å². The van der Waals surface area contributed by atoms with Crippen molar-refractivity contribution >= 4 is 17.1 Å². The van der Waals surface area contributed by atoms with Gasteiger partial charge in [-0.05, 0) is 55.5 Å². The van der Waals surface area contributed by atoms with Crippen LogP contribution < -0.4 is 5.32 Å². The fourth-order valence-corrected chi connectivity index (χ4v) is 3.23. The second-order valence-corrected chi connectivity index (χ2v) is 6.17. The third-order valence-corrected chi connectivity index (χ3v) is 4.52. The number of nitrogens with zero attached hydrogens (tertiary/aromatic N) is 1. The number of allylic oxidation sites excluding steroid dienone is 2. The monoisotopic (exact) mass is 288 g/mol. The highest BCUT2D eigenvalue weighted by atomic mass is 14.9. The summed E-state index contributed by atoms with van der Waals surface area (Å²) in [6, 6.07) is 15.2. The van der Waals surface area contributed by atoms with Crippen LogP contribution in [0.2, 0.25) is 0 Å². The Kier molecular flexibility index (Phi) is 3.30. The van der Waals surface area contributed by atoms with Crippen LogP contribution in [-0.4, -0.2) is 12.3 Å². The molecule has 0 saturated carbocycles. The third-order valence-electron chi connectivity index (χ3n) is 4.52. The molecule has 0 aliphatic carbocycles. The molecule has 2 nitrogen and oxygen atoms in total. The smallest absolute Gasteiger partial charge is 0.0709 e. The number of hydrogen-bond donors (Lipinski definition) is 1. The lowest BCUT2D eigenvalue weighted by Crippen LogP contribution is -2.02. The van der Waals surface area contributed by atoms with Gasteiger partial charge in [0.2, 0.25) is 0 Å². The first-order chi connectivity index (χ1) is 10.8. The van der Waals surface area contributed by atoms with Crippen LogP contribution in [0.15, 0.2) is 59.1 Å². The lowest BCUT2D eigenvalue weighted by Gasteiger charge is -2.13. The molecule has 0 unspecified atom stereocenters. The number of aryl methyl sites for hydroxylation is 1. The average molecular weight is 288 g/mol. The van der Waals surface area contributed by atoms with Crippen LogP contribution in [0, 0.1) is 0 Å². The number of benzene rings is 2. The van der Waals surface area contributed by atoms with Gasteiger partial charge in [-0.15, -0.1) is 0 Å². The SMILES string of the molecule is CC1=CC(c2ccc3c(c2)NCC3)=Nc2ccccc2CC1. The first-order valence-electron chi connectivity index (χ1n) is 8.00. The molecule has 2 heteroatoms. The molecular formula is C20H20N2. The molecule has 4 rings (SSSR count). The number of nitrogens with one attached hydrogen (secondary N) is 1. The largest absolute Gasteiger partial charge is 0.384 e. The van der Waals surface area contributed by atoms with E-state index in [4.69, 9.17) is 4.99 Å². The van der Waals surface area contributed by atoms with E-state index in [0.717, 1.165) is 37.2 Å². The molecular weight excluding hydrogens is 268 g/mol. The Hall–Kier alpha value is -2.35. The van der Waals surface area contributed by atoms with Gasteiger partial charge in [0.15, 0.2) is 0 Å². The Morgan fingerprint density at radius 2 is 1.86 bits per heavy atom. The summed E-state index contributed by atoms with van der Waals surface area (Å²) in [4.78, 5) is 4.96. The second-order valence-electron chi connectivity index (χ2n) is 6.17. The standard InChI is InChI=1S/C20H20N2/c1-14-6-7-15-4-2-3-5-18(15)22-20(12-14)17-9-8-16-10-11-21-19(16)13-17/h2-5,8-9,12-13,21H,6-7,10-11H2,1H3. The van der Waals surface area contributed by atoms with E-state index in [0.29, 0.717) is 0 Å². The van der Waals surface area contributed by atoms with Gasteiger partial charge in [-0.1, -0.05) is 35.9 Å². The first-order valence-corrected chi connectivity index (χ1v) is 8.00. The molecule has 2 aliphatic rings. The molecule has 22 heavy (non-hydrogen) atoms. The van der Waals surface area contributed by atoms with Gasteiger partial charge in [-0.2, -0.15) is 0 Å². The lowest BCUT2D eigenvalue weighted by atomic mass is 9.98. The predicted octanol–water partition coefficient (Wildman–Crippen LogP) is 4.67. The van der Waals surface area contributed by atoms with Crippen LogP contribution in [0.5, 0.6) is 0 Å². The maximum Gasteiger partial charge on any atom is 0.0709 e.